The van der Waals surface area contributed by atoms with Gasteiger partial charge in [-0.05, 0) is 0 Å². The molecule has 9 heavy (non-hydrogen) atoms. The molecule has 1 aliphatic carbocycles. The van der Waals surface area contributed by atoms with E-state index in [-0.39, 0.29) is 0 Å². The van der Waals surface area contributed by atoms with Gasteiger partial charge in [-0.3, -0.25) is 0 Å². The molecule has 4 heteroatoms. The summed E-state index contributed by atoms with van der Waals surface area (Å²) in [7, 11) is 0. The van der Waals surface area contributed by atoms with Gasteiger partial charge in [0.05, 0.1) is 18.1 Å². The predicted molar refractivity (Wildman–Crippen MR) is 23.3 cm³/mol. The fraction of sp³-hybridized carbons (Fsp3) is 0.400. The van der Waals surface area contributed by atoms with Crippen LogP contribution in [0, 0.1) is 11.3 Å². The SMILES string of the molecule is N#CC1=C(F)C(F)(F)C1. The zero-order valence-corrected chi connectivity index (χ0v) is 4.29. The highest BCUT2D eigenvalue weighted by Crippen LogP contribution is 2.43. The summed E-state index contributed by atoms with van der Waals surface area (Å²) in [5, 5.41) is 7.91. The predicted octanol–water partition coefficient (Wildman–Crippen LogP) is 1.77. The minimum atomic E-state index is -3.36. The third-order valence-electron chi connectivity index (χ3n) is 1.12. The minimum absolute atomic E-state index is 0.431. The van der Waals surface area contributed by atoms with Crippen LogP contribution in [0.25, 0.3) is 0 Å². The number of rotatable bonds is 0. The van der Waals surface area contributed by atoms with E-state index in [1.54, 1.807) is 0 Å². The standard InChI is InChI=1S/C5H2F3N/c6-4-3(2-9)1-5(4,7)8/h1H2. The van der Waals surface area contributed by atoms with Crippen LogP contribution in [0.1, 0.15) is 6.42 Å². The highest BCUT2D eigenvalue weighted by atomic mass is 19.3. The Morgan fingerprint density at radius 1 is 1.56 bits per heavy atom. The van der Waals surface area contributed by atoms with Crippen LogP contribution in [-0.4, -0.2) is 5.92 Å². The molecular formula is C5H2F3N. The lowest BCUT2D eigenvalue weighted by Gasteiger charge is -2.22. The zero-order chi connectivity index (χ0) is 7.07. The van der Waals surface area contributed by atoms with Crippen molar-refractivity contribution in [3.63, 3.8) is 0 Å². The fourth-order valence-electron chi connectivity index (χ4n) is 0.580. The van der Waals surface area contributed by atoms with Crippen molar-refractivity contribution in [1.82, 2.24) is 0 Å². The fourth-order valence-corrected chi connectivity index (χ4v) is 0.580. The summed E-state index contributed by atoms with van der Waals surface area (Å²) in [6.45, 7) is 0. The van der Waals surface area contributed by atoms with Gasteiger partial charge in [-0.2, -0.15) is 14.0 Å². The number of hydrogen-bond acceptors (Lipinski definition) is 1. The maximum Gasteiger partial charge on any atom is 0.304 e. The molecular weight excluding hydrogens is 131 g/mol. The quantitative estimate of drug-likeness (QED) is 0.494. The molecule has 1 nitrogen and oxygen atoms in total. The van der Waals surface area contributed by atoms with Gasteiger partial charge in [-0.25, -0.2) is 4.39 Å². The van der Waals surface area contributed by atoms with E-state index in [0.717, 1.165) is 0 Å². The molecule has 0 saturated carbocycles. The van der Waals surface area contributed by atoms with E-state index in [1.807, 2.05) is 0 Å². The highest BCUT2D eigenvalue weighted by Gasteiger charge is 2.47. The summed E-state index contributed by atoms with van der Waals surface area (Å²) in [5.41, 5.74) is -0.431. The minimum Gasteiger partial charge on any atom is -0.204 e. The second-order valence-corrected chi connectivity index (χ2v) is 1.79. The van der Waals surface area contributed by atoms with Crippen molar-refractivity contribution in [2.75, 3.05) is 0 Å². The van der Waals surface area contributed by atoms with Gasteiger partial charge in [0.15, 0.2) is 5.83 Å². The van der Waals surface area contributed by atoms with Crippen LogP contribution >= 0.6 is 0 Å². The summed E-state index contributed by atoms with van der Waals surface area (Å²) in [5.74, 6) is -4.92. The molecule has 0 unspecified atom stereocenters. The van der Waals surface area contributed by atoms with Crippen molar-refractivity contribution in [3.05, 3.63) is 11.4 Å². The van der Waals surface area contributed by atoms with E-state index in [2.05, 4.69) is 0 Å². The molecule has 0 atom stereocenters. The van der Waals surface area contributed by atoms with E-state index < -0.39 is 23.7 Å². The molecule has 0 spiro atoms. The second-order valence-electron chi connectivity index (χ2n) is 1.79. The van der Waals surface area contributed by atoms with Crippen LogP contribution in [0.3, 0.4) is 0 Å². The lowest BCUT2D eigenvalue weighted by atomic mass is 9.94. The van der Waals surface area contributed by atoms with E-state index in [1.165, 1.54) is 6.07 Å². The van der Waals surface area contributed by atoms with Crippen molar-refractivity contribution in [1.29, 1.82) is 5.26 Å². The van der Waals surface area contributed by atoms with Crippen molar-refractivity contribution in [2.24, 2.45) is 0 Å². The first-order valence-electron chi connectivity index (χ1n) is 2.25. The van der Waals surface area contributed by atoms with Crippen molar-refractivity contribution < 1.29 is 13.2 Å². The molecule has 0 heterocycles. The second kappa shape index (κ2) is 1.50. The smallest absolute Gasteiger partial charge is 0.204 e. The Bertz CT molecular complexity index is 211. The zero-order valence-electron chi connectivity index (χ0n) is 4.29. The first-order chi connectivity index (χ1) is 4.08. The van der Waals surface area contributed by atoms with Crippen molar-refractivity contribution in [3.8, 4) is 6.07 Å². The number of allylic oxidation sites excluding steroid dienone is 2. The highest BCUT2D eigenvalue weighted by molar-refractivity contribution is 5.38. The summed E-state index contributed by atoms with van der Waals surface area (Å²) in [6.07, 6.45) is -0.741. The van der Waals surface area contributed by atoms with Crippen LogP contribution < -0.4 is 0 Å². The average Bonchev–Trinajstić information content (AvgIpc) is 1.82. The van der Waals surface area contributed by atoms with Crippen LogP contribution in [-0.2, 0) is 0 Å². The average molecular weight is 133 g/mol. The largest absolute Gasteiger partial charge is 0.304 e. The van der Waals surface area contributed by atoms with Crippen molar-refractivity contribution in [2.45, 2.75) is 12.3 Å². The monoisotopic (exact) mass is 133 g/mol. The number of alkyl halides is 2. The van der Waals surface area contributed by atoms with Gasteiger partial charge in [-0.15, -0.1) is 0 Å². The van der Waals surface area contributed by atoms with Crippen LogP contribution in [0.15, 0.2) is 11.4 Å². The van der Waals surface area contributed by atoms with Gasteiger partial charge in [0.2, 0.25) is 0 Å². The number of halogens is 3. The third-order valence-corrected chi connectivity index (χ3v) is 1.12. The molecule has 0 amide bonds. The summed E-state index contributed by atoms with van der Waals surface area (Å²) < 4.78 is 35.4. The lowest BCUT2D eigenvalue weighted by Crippen LogP contribution is -2.28. The molecule has 0 N–H and O–H groups in total. The number of nitriles is 1. The Hall–Kier alpha value is -0.980. The molecule has 1 rings (SSSR count). The topological polar surface area (TPSA) is 23.8 Å². The molecule has 1 aliphatic rings. The lowest BCUT2D eigenvalue weighted by molar-refractivity contribution is -0.00660. The van der Waals surface area contributed by atoms with Gasteiger partial charge in [0.1, 0.15) is 0 Å². The number of hydrogen-bond donors (Lipinski definition) is 0. The molecule has 0 aromatic rings. The molecule has 0 saturated heterocycles. The van der Waals surface area contributed by atoms with Crippen LogP contribution in [0.4, 0.5) is 13.2 Å². The van der Waals surface area contributed by atoms with Gasteiger partial charge in [-0.1, -0.05) is 0 Å². The van der Waals surface area contributed by atoms with Crippen molar-refractivity contribution >= 4 is 0 Å². The number of nitrogens with zero attached hydrogens (tertiary/aromatic N) is 1. The maximum absolute atomic E-state index is 11.9. The molecule has 0 fully saturated rings. The van der Waals surface area contributed by atoms with Crippen LogP contribution in [0.5, 0.6) is 0 Å². The Labute approximate surface area is 49.4 Å². The summed E-state index contributed by atoms with van der Waals surface area (Å²) in [6, 6.07) is 1.33. The van der Waals surface area contributed by atoms with Gasteiger partial charge >= 0.3 is 5.92 Å². The Balaban J connectivity index is 2.88. The van der Waals surface area contributed by atoms with E-state index in [9.17, 15) is 13.2 Å². The first kappa shape index (κ1) is 6.14. The third kappa shape index (κ3) is 0.689. The Kier molecular flexibility index (Phi) is 1.02. The molecule has 0 aromatic heterocycles. The van der Waals surface area contributed by atoms with Crippen LogP contribution in [0.2, 0.25) is 0 Å². The van der Waals surface area contributed by atoms with Gasteiger partial charge < -0.3 is 0 Å². The molecule has 0 bridgehead atoms. The molecule has 0 aromatic carbocycles. The Morgan fingerprint density at radius 2 is 2.11 bits per heavy atom. The Morgan fingerprint density at radius 3 is 2.22 bits per heavy atom. The maximum atomic E-state index is 11.9. The normalized spacial score (nSPS) is 22.9. The molecule has 48 valence electrons. The van der Waals surface area contributed by atoms with E-state index in [4.69, 9.17) is 5.26 Å². The molecule has 0 aliphatic heterocycles. The van der Waals surface area contributed by atoms with E-state index >= 15 is 0 Å². The summed E-state index contributed by atoms with van der Waals surface area (Å²) in [4.78, 5) is 0. The summed E-state index contributed by atoms with van der Waals surface area (Å²) >= 11 is 0. The molecule has 0 radical (unpaired) electrons. The van der Waals surface area contributed by atoms with Gasteiger partial charge in [0.25, 0.3) is 0 Å². The van der Waals surface area contributed by atoms with E-state index in [0.29, 0.717) is 0 Å². The van der Waals surface area contributed by atoms with Gasteiger partial charge in [0, 0.05) is 0 Å². The first-order valence-corrected chi connectivity index (χ1v) is 2.25.